The molecule has 0 saturated heterocycles. The number of aryl methyl sites for hydroxylation is 1. The Hall–Kier alpha value is -3.58. The molecule has 0 aliphatic rings. The molecule has 4 rings (SSSR count). The van der Waals surface area contributed by atoms with E-state index in [0.29, 0.717) is 12.4 Å². The van der Waals surface area contributed by atoms with Gasteiger partial charge in [-0.1, -0.05) is 54.1 Å². The highest BCUT2D eigenvalue weighted by Gasteiger charge is 2.07. The molecule has 7 heteroatoms. The number of nitrogens with one attached hydrogen (secondary N) is 2. The molecule has 0 aliphatic heterocycles. The second-order valence-electron chi connectivity index (χ2n) is 6.94. The third-order valence-electron chi connectivity index (χ3n) is 4.54. The fraction of sp³-hybridized carbons (Fsp3) is 0.130. The molecule has 1 amide bonds. The summed E-state index contributed by atoms with van der Waals surface area (Å²) >= 11 is 1.51. The van der Waals surface area contributed by atoms with Crippen LogP contribution < -0.4 is 10.6 Å². The molecule has 0 fully saturated rings. The van der Waals surface area contributed by atoms with Gasteiger partial charge in [-0.3, -0.25) is 4.79 Å². The lowest BCUT2D eigenvalue weighted by molar-refractivity contribution is -0.119. The highest BCUT2D eigenvalue weighted by Crippen LogP contribution is 2.27. The Labute approximate surface area is 179 Å². The molecular weight excluding hydrogens is 394 g/mol. The van der Waals surface area contributed by atoms with Crippen LogP contribution in [0.1, 0.15) is 18.1 Å². The Morgan fingerprint density at radius 1 is 0.900 bits per heavy atom. The second kappa shape index (κ2) is 8.84. The molecule has 2 N–H and O–H groups in total. The Morgan fingerprint density at radius 3 is 2.27 bits per heavy atom. The number of thiazole rings is 1. The van der Waals surface area contributed by atoms with Crippen molar-refractivity contribution >= 4 is 28.2 Å². The minimum absolute atomic E-state index is 0.0377. The van der Waals surface area contributed by atoms with E-state index in [1.807, 2.05) is 53.9 Å². The zero-order valence-corrected chi connectivity index (χ0v) is 17.5. The first-order valence-electron chi connectivity index (χ1n) is 9.54. The lowest BCUT2D eigenvalue weighted by Gasteiger charge is -2.04. The van der Waals surface area contributed by atoms with Crippen LogP contribution in [0, 0.1) is 6.92 Å². The number of carbonyl (C=O) groups excluding carboxylic acids is 1. The van der Waals surface area contributed by atoms with Gasteiger partial charge in [0.05, 0.1) is 11.4 Å². The molecule has 4 aromatic rings. The van der Waals surface area contributed by atoms with Crippen molar-refractivity contribution in [3.05, 3.63) is 77.2 Å². The molecule has 6 nitrogen and oxygen atoms in total. The third-order valence-corrected chi connectivity index (χ3v) is 5.30. The summed E-state index contributed by atoms with van der Waals surface area (Å²) in [5, 5.41) is 17.3. The molecule has 150 valence electrons. The molecule has 0 radical (unpaired) electrons. The minimum Gasteiger partial charge on any atom is -0.352 e. The normalized spacial score (nSPS) is 10.6. The SMILES string of the molecule is CC(=O)NCc1ccc(-c2csc(Nc3ccc(-c4ccc(C)cc4)nn3)n2)cc1. The Bertz CT molecular complexity index is 1140. The summed E-state index contributed by atoms with van der Waals surface area (Å²) in [7, 11) is 0. The van der Waals surface area contributed by atoms with Gasteiger partial charge in [0.25, 0.3) is 0 Å². The average Bonchev–Trinajstić information content (AvgIpc) is 3.22. The molecule has 2 heterocycles. The summed E-state index contributed by atoms with van der Waals surface area (Å²) in [6.07, 6.45) is 0. The number of nitrogens with zero attached hydrogens (tertiary/aromatic N) is 3. The van der Waals surface area contributed by atoms with E-state index >= 15 is 0 Å². The van der Waals surface area contributed by atoms with Crippen LogP contribution in [0.4, 0.5) is 10.9 Å². The molecule has 0 unspecified atom stereocenters. The highest BCUT2D eigenvalue weighted by atomic mass is 32.1. The summed E-state index contributed by atoms with van der Waals surface area (Å²) < 4.78 is 0. The largest absolute Gasteiger partial charge is 0.352 e. The predicted octanol–water partition coefficient (Wildman–Crippen LogP) is 4.96. The van der Waals surface area contributed by atoms with Crippen molar-refractivity contribution in [1.29, 1.82) is 0 Å². The van der Waals surface area contributed by atoms with E-state index in [2.05, 4.69) is 44.9 Å². The number of hydrogen-bond acceptors (Lipinski definition) is 6. The van der Waals surface area contributed by atoms with Crippen LogP contribution in [0.15, 0.2) is 66.0 Å². The molecule has 30 heavy (non-hydrogen) atoms. The maximum Gasteiger partial charge on any atom is 0.217 e. The van der Waals surface area contributed by atoms with Crippen LogP contribution in [-0.2, 0) is 11.3 Å². The van der Waals surface area contributed by atoms with E-state index in [9.17, 15) is 4.79 Å². The number of amides is 1. The first kappa shape index (κ1) is 19.7. The lowest BCUT2D eigenvalue weighted by atomic mass is 10.1. The summed E-state index contributed by atoms with van der Waals surface area (Å²) in [6.45, 7) is 4.10. The van der Waals surface area contributed by atoms with Crippen molar-refractivity contribution in [3.63, 3.8) is 0 Å². The maximum absolute atomic E-state index is 11.0. The number of aromatic nitrogens is 3. The van der Waals surface area contributed by atoms with Crippen molar-refractivity contribution in [2.45, 2.75) is 20.4 Å². The van der Waals surface area contributed by atoms with Crippen molar-refractivity contribution in [3.8, 4) is 22.5 Å². The molecule has 0 aliphatic carbocycles. The van der Waals surface area contributed by atoms with Crippen LogP contribution in [0.2, 0.25) is 0 Å². The van der Waals surface area contributed by atoms with Crippen LogP contribution >= 0.6 is 11.3 Å². The minimum atomic E-state index is -0.0377. The third kappa shape index (κ3) is 4.87. The van der Waals surface area contributed by atoms with Gasteiger partial charge < -0.3 is 10.6 Å². The van der Waals surface area contributed by atoms with Gasteiger partial charge in [-0.25, -0.2) is 4.98 Å². The predicted molar refractivity (Wildman–Crippen MR) is 121 cm³/mol. The Balaban J connectivity index is 1.42. The smallest absolute Gasteiger partial charge is 0.217 e. The summed E-state index contributed by atoms with van der Waals surface area (Å²) in [6, 6.07) is 20.1. The molecular formula is C23H21N5OS. The van der Waals surface area contributed by atoms with Gasteiger partial charge in [0.1, 0.15) is 0 Å². The van der Waals surface area contributed by atoms with E-state index in [1.54, 1.807) is 0 Å². The maximum atomic E-state index is 11.0. The average molecular weight is 416 g/mol. The van der Waals surface area contributed by atoms with Gasteiger partial charge in [0.15, 0.2) is 10.9 Å². The van der Waals surface area contributed by atoms with E-state index in [1.165, 1.54) is 23.8 Å². The van der Waals surface area contributed by atoms with Gasteiger partial charge >= 0.3 is 0 Å². The number of rotatable bonds is 6. The Kier molecular flexibility index (Phi) is 5.81. The zero-order chi connectivity index (χ0) is 20.9. The molecule has 2 aromatic heterocycles. The van der Waals surface area contributed by atoms with Crippen molar-refractivity contribution < 1.29 is 4.79 Å². The van der Waals surface area contributed by atoms with Crippen LogP contribution in [0.25, 0.3) is 22.5 Å². The van der Waals surface area contributed by atoms with E-state index in [4.69, 9.17) is 0 Å². The Morgan fingerprint density at radius 2 is 1.60 bits per heavy atom. The fourth-order valence-corrected chi connectivity index (χ4v) is 3.60. The number of benzene rings is 2. The first-order valence-corrected chi connectivity index (χ1v) is 10.4. The van der Waals surface area contributed by atoms with Crippen molar-refractivity contribution in [1.82, 2.24) is 20.5 Å². The van der Waals surface area contributed by atoms with Gasteiger partial charge in [0.2, 0.25) is 5.91 Å². The molecule has 0 bridgehead atoms. The summed E-state index contributed by atoms with van der Waals surface area (Å²) in [4.78, 5) is 15.7. The van der Waals surface area contributed by atoms with Crippen LogP contribution in [0.3, 0.4) is 0 Å². The molecule has 2 aromatic carbocycles. The van der Waals surface area contributed by atoms with Gasteiger partial charge in [0, 0.05) is 30.0 Å². The highest BCUT2D eigenvalue weighted by molar-refractivity contribution is 7.14. The fourth-order valence-electron chi connectivity index (χ4n) is 2.87. The molecule has 0 saturated carbocycles. The van der Waals surface area contributed by atoms with Crippen molar-refractivity contribution in [2.24, 2.45) is 0 Å². The number of carbonyl (C=O) groups is 1. The quantitative estimate of drug-likeness (QED) is 0.465. The number of anilines is 2. The van der Waals surface area contributed by atoms with Gasteiger partial charge in [-0.05, 0) is 24.6 Å². The summed E-state index contributed by atoms with van der Waals surface area (Å²) in [5.74, 6) is 0.613. The van der Waals surface area contributed by atoms with Gasteiger partial charge in [-0.2, -0.15) is 0 Å². The van der Waals surface area contributed by atoms with Crippen LogP contribution in [-0.4, -0.2) is 21.1 Å². The standard InChI is InChI=1S/C23H21N5OS/c1-15-3-7-18(8-4-15)20-11-12-22(28-27-20)26-23-25-21(14-30-23)19-9-5-17(6-10-19)13-24-16(2)29/h3-12,14H,13H2,1-2H3,(H,24,29)(H,25,26,28). The van der Waals surface area contributed by atoms with Crippen molar-refractivity contribution in [2.75, 3.05) is 5.32 Å². The summed E-state index contributed by atoms with van der Waals surface area (Å²) in [5.41, 5.74) is 6.04. The topological polar surface area (TPSA) is 79.8 Å². The monoisotopic (exact) mass is 415 g/mol. The lowest BCUT2D eigenvalue weighted by Crippen LogP contribution is -2.18. The first-order chi connectivity index (χ1) is 14.6. The number of hydrogen-bond donors (Lipinski definition) is 2. The zero-order valence-electron chi connectivity index (χ0n) is 16.7. The second-order valence-corrected chi connectivity index (χ2v) is 7.80. The molecule has 0 atom stereocenters. The van der Waals surface area contributed by atoms with E-state index in [-0.39, 0.29) is 5.91 Å². The van der Waals surface area contributed by atoms with Crippen LogP contribution in [0.5, 0.6) is 0 Å². The molecule has 0 spiro atoms. The van der Waals surface area contributed by atoms with Gasteiger partial charge in [-0.15, -0.1) is 21.5 Å². The van der Waals surface area contributed by atoms with E-state index < -0.39 is 0 Å². The van der Waals surface area contributed by atoms with E-state index in [0.717, 1.165) is 33.2 Å².